The second kappa shape index (κ2) is 9.55. The Morgan fingerprint density at radius 2 is 1.71 bits per heavy atom. The molecule has 1 amide bonds. The maximum absolute atomic E-state index is 12.6. The molecule has 148 valence electrons. The lowest BCUT2D eigenvalue weighted by Gasteiger charge is -2.15. The number of ether oxygens (including phenoxy) is 1. The van der Waals surface area contributed by atoms with Crippen LogP contribution in [0.3, 0.4) is 0 Å². The molecule has 0 saturated carbocycles. The first-order valence-electron chi connectivity index (χ1n) is 8.95. The molecular weight excluding hydrogens is 374 g/mol. The quantitative estimate of drug-likeness (QED) is 0.401. The van der Waals surface area contributed by atoms with Gasteiger partial charge in [0.05, 0.1) is 11.3 Å². The number of hydrogen-bond acceptors (Lipinski definition) is 5. The molecule has 0 saturated heterocycles. The van der Waals surface area contributed by atoms with Crippen molar-refractivity contribution in [2.45, 2.75) is 31.8 Å². The fraction of sp³-hybridized carbons (Fsp3) is 0.318. The summed E-state index contributed by atoms with van der Waals surface area (Å²) in [7, 11) is 3.37. The summed E-state index contributed by atoms with van der Waals surface area (Å²) < 4.78 is 5.42. The first-order valence-corrected chi connectivity index (χ1v) is 9.93. The number of amides is 1. The second-order valence-corrected chi connectivity index (χ2v) is 7.80. The van der Waals surface area contributed by atoms with Crippen LogP contribution in [-0.2, 0) is 9.53 Å². The van der Waals surface area contributed by atoms with E-state index in [1.165, 1.54) is 16.7 Å². The minimum Gasteiger partial charge on any atom is -0.451 e. The van der Waals surface area contributed by atoms with Crippen molar-refractivity contribution in [2.75, 3.05) is 19.8 Å². The van der Waals surface area contributed by atoms with Gasteiger partial charge in [-0.05, 0) is 50.1 Å². The lowest BCUT2D eigenvalue weighted by Crippen LogP contribution is -2.25. The Bertz CT molecular complexity index is 892. The van der Waals surface area contributed by atoms with E-state index in [0.717, 1.165) is 11.1 Å². The third-order valence-electron chi connectivity index (χ3n) is 4.40. The van der Waals surface area contributed by atoms with E-state index in [2.05, 4.69) is 0 Å². The molecule has 28 heavy (non-hydrogen) atoms. The van der Waals surface area contributed by atoms with E-state index in [9.17, 15) is 14.4 Å². The van der Waals surface area contributed by atoms with Crippen LogP contribution in [0.5, 0.6) is 0 Å². The van der Waals surface area contributed by atoms with Crippen molar-refractivity contribution in [1.82, 2.24) is 4.90 Å². The van der Waals surface area contributed by atoms with E-state index < -0.39 is 12.1 Å². The van der Waals surface area contributed by atoms with Crippen molar-refractivity contribution in [3.05, 3.63) is 64.7 Å². The maximum Gasteiger partial charge on any atom is 0.339 e. The number of carbonyl (C=O) groups is 3. The molecule has 0 heterocycles. The highest BCUT2D eigenvalue weighted by Crippen LogP contribution is 2.24. The van der Waals surface area contributed by atoms with Crippen molar-refractivity contribution in [2.24, 2.45) is 0 Å². The molecule has 1 atom stereocenters. The van der Waals surface area contributed by atoms with Crippen LogP contribution in [0.15, 0.2) is 47.4 Å². The summed E-state index contributed by atoms with van der Waals surface area (Å²) in [5.41, 5.74) is 2.97. The molecule has 0 radical (unpaired) electrons. The Balaban J connectivity index is 2.10. The monoisotopic (exact) mass is 399 g/mol. The van der Waals surface area contributed by atoms with Gasteiger partial charge < -0.3 is 9.64 Å². The molecule has 0 aromatic heterocycles. The van der Waals surface area contributed by atoms with Gasteiger partial charge in [-0.15, -0.1) is 11.8 Å². The van der Waals surface area contributed by atoms with Gasteiger partial charge in [0, 0.05) is 24.6 Å². The highest BCUT2D eigenvalue weighted by molar-refractivity contribution is 8.00. The fourth-order valence-corrected chi connectivity index (χ4v) is 3.46. The Kier molecular flexibility index (Phi) is 7.40. The number of nitrogens with zero attached hydrogens (tertiary/aromatic N) is 1. The number of Topliss-reactive ketones (excluding diaryl/α,β-unsaturated/α-hetero) is 1. The standard InChI is InChI=1S/C22H25NO4S/c1-14-10-11-17(12-15(14)2)21(25)16(3)27-22(26)18-8-6-7-9-19(18)28-13-20(24)23(4)5/h6-12,16H,13H2,1-5H3/t16-/m1/s1. The first kappa shape index (κ1) is 21.7. The van der Waals surface area contributed by atoms with Crippen LogP contribution < -0.4 is 0 Å². The van der Waals surface area contributed by atoms with Crippen molar-refractivity contribution in [1.29, 1.82) is 0 Å². The van der Waals surface area contributed by atoms with Crippen LogP contribution >= 0.6 is 11.8 Å². The normalized spacial score (nSPS) is 11.6. The van der Waals surface area contributed by atoms with E-state index in [1.807, 2.05) is 19.9 Å². The number of thioether (sulfide) groups is 1. The van der Waals surface area contributed by atoms with Crippen LogP contribution in [0.4, 0.5) is 0 Å². The third kappa shape index (κ3) is 5.45. The molecule has 2 rings (SSSR count). The summed E-state index contributed by atoms with van der Waals surface area (Å²) in [6.07, 6.45) is -0.906. The molecule has 5 nitrogen and oxygen atoms in total. The lowest BCUT2D eigenvalue weighted by atomic mass is 10.0. The van der Waals surface area contributed by atoms with Gasteiger partial charge in [-0.25, -0.2) is 4.79 Å². The van der Waals surface area contributed by atoms with Crippen molar-refractivity contribution < 1.29 is 19.1 Å². The van der Waals surface area contributed by atoms with E-state index in [0.29, 0.717) is 16.0 Å². The van der Waals surface area contributed by atoms with Crippen molar-refractivity contribution >= 4 is 29.4 Å². The van der Waals surface area contributed by atoms with Gasteiger partial charge in [-0.3, -0.25) is 9.59 Å². The second-order valence-electron chi connectivity index (χ2n) is 6.78. The molecule has 0 bridgehead atoms. The van der Waals surface area contributed by atoms with Crippen LogP contribution in [0.2, 0.25) is 0 Å². The minimum absolute atomic E-state index is 0.0496. The fourth-order valence-electron chi connectivity index (χ4n) is 2.44. The van der Waals surface area contributed by atoms with Crippen molar-refractivity contribution in [3.8, 4) is 0 Å². The molecule has 0 unspecified atom stereocenters. The van der Waals surface area contributed by atoms with Crippen LogP contribution in [-0.4, -0.2) is 48.5 Å². The predicted octanol–water partition coefficient (Wildman–Crippen LogP) is 3.91. The highest BCUT2D eigenvalue weighted by atomic mass is 32.2. The molecule has 0 aliphatic heterocycles. The van der Waals surface area contributed by atoms with Gasteiger partial charge in [-0.2, -0.15) is 0 Å². The van der Waals surface area contributed by atoms with Crippen molar-refractivity contribution in [3.63, 3.8) is 0 Å². The Labute approximate surface area is 170 Å². The molecule has 6 heteroatoms. The SMILES string of the molecule is Cc1ccc(C(=O)[C@@H](C)OC(=O)c2ccccc2SCC(=O)N(C)C)cc1C. The number of rotatable bonds is 7. The number of ketones is 1. The van der Waals surface area contributed by atoms with E-state index in [1.54, 1.807) is 57.4 Å². The van der Waals surface area contributed by atoms with Gasteiger partial charge in [0.25, 0.3) is 0 Å². The van der Waals surface area contributed by atoms with Gasteiger partial charge in [0.1, 0.15) is 0 Å². The van der Waals surface area contributed by atoms with E-state index in [-0.39, 0.29) is 17.4 Å². The first-order chi connectivity index (χ1) is 13.2. The van der Waals surface area contributed by atoms with Gasteiger partial charge >= 0.3 is 5.97 Å². The molecule has 0 aliphatic rings. The predicted molar refractivity (Wildman–Crippen MR) is 111 cm³/mol. The Morgan fingerprint density at radius 3 is 2.36 bits per heavy atom. The maximum atomic E-state index is 12.6. The summed E-state index contributed by atoms with van der Waals surface area (Å²) in [5, 5.41) is 0. The molecule has 2 aromatic rings. The molecular formula is C22H25NO4S. The van der Waals surface area contributed by atoms with E-state index in [4.69, 9.17) is 4.74 Å². The number of aryl methyl sites for hydroxylation is 2. The van der Waals surface area contributed by atoms with Crippen LogP contribution in [0, 0.1) is 13.8 Å². The molecule has 0 spiro atoms. The number of carbonyl (C=O) groups excluding carboxylic acids is 3. The van der Waals surface area contributed by atoms with Crippen LogP contribution in [0.1, 0.15) is 38.8 Å². The smallest absolute Gasteiger partial charge is 0.339 e. The van der Waals surface area contributed by atoms with Gasteiger partial charge in [0.15, 0.2) is 6.10 Å². The average molecular weight is 400 g/mol. The molecule has 0 fully saturated rings. The summed E-state index contributed by atoms with van der Waals surface area (Å²) in [5.74, 6) is -0.657. The Morgan fingerprint density at radius 1 is 1.04 bits per heavy atom. The summed E-state index contributed by atoms with van der Waals surface area (Å²) in [6.45, 7) is 5.48. The number of esters is 1. The third-order valence-corrected chi connectivity index (χ3v) is 5.46. The molecule has 0 aliphatic carbocycles. The highest BCUT2D eigenvalue weighted by Gasteiger charge is 2.22. The van der Waals surface area contributed by atoms with E-state index >= 15 is 0 Å². The van der Waals surface area contributed by atoms with Gasteiger partial charge in [-0.1, -0.05) is 24.3 Å². The van der Waals surface area contributed by atoms with Gasteiger partial charge in [0.2, 0.25) is 11.7 Å². The largest absolute Gasteiger partial charge is 0.451 e. The minimum atomic E-state index is -0.906. The zero-order valence-corrected chi connectivity index (χ0v) is 17.6. The number of benzene rings is 2. The Hall–Kier alpha value is -2.60. The zero-order chi connectivity index (χ0) is 20.8. The lowest BCUT2D eigenvalue weighted by molar-refractivity contribution is -0.125. The molecule has 2 aromatic carbocycles. The average Bonchev–Trinajstić information content (AvgIpc) is 2.67. The topological polar surface area (TPSA) is 63.7 Å². The van der Waals surface area contributed by atoms with Crippen LogP contribution in [0.25, 0.3) is 0 Å². The number of hydrogen-bond donors (Lipinski definition) is 0. The zero-order valence-electron chi connectivity index (χ0n) is 16.8. The summed E-state index contributed by atoms with van der Waals surface area (Å²) >= 11 is 1.27. The summed E-state index contributed by atoms with van der Waals surface area (Å²) in [4.78, 5) is 39.2. The summed E-state index contributed by atoms with van der Waals surface area (Å²) in [6, 6.07) is 12.3. The molecule has 0 N–H and O–H groups in total.